The van der Waals surface area contributed by atoms with Crippen molar-refractivity contribution in [2.24, 2.45) is 23.2 Å². The van der Waals surface area contributed by atoms with Crippen LogP contribution >= 0.6 is 0 Å². The molecule has 3 aliphatic rings. The van der Waals surface area contributed by atoms with Gasteiger partial charge in [0.15, 0.2) is 24.1 Å². The van der Waals surface area contributed by atoms with Gasteiger partial charge in [0.05, 0.1) is 64.4 Å². The highest BCUT2D eigenvalue weighted by Gasteiger charge is 2.52. The zero-order valence-electron chi connectivity index (χ0n) is 51.7. The van der Waals surface area contributed by atoms with Crippen molar-refractivity contribution in [3.05, 3.63) is 53.6 Å². The highest BCUT2D eigenvalue weighted by atomic mass is 16.7. The zero-order chi connectivity index (χ0) is 61.7. The molecule has 23 heteroatoms. The molecule has 0 aromatic heterocycles. The Hall–Kier alpha value is -5.50. The largest absolute Gasteiger partial charge is 0.497 e. The number of likely N-dealkylation sites (N-methyl/N-ethyl adjacent to an activating group) is 2. The maximum Gasteiger partial charge on any atom is 0.426 e. The van der Waals surface area contributed by atoms with Crippen LogP contribution in [0.25, 0.3) is 6.08 Å². The van der Waals surface area contributed by atoms with E-state index in [4.69, 9.17) is 52.1 Å². The van der Waals surface area contributed by atoms with Gasteiger partial charge in [0.1, 0.15) is 36.3 Å². The number of nitrogens with zero attached hydrogens (tertiary/aromatic N) is 2. The van der Waals surface area contributed by atoms with Gasteiger partial charge >= 0.3 is 18.2 Å². The lowest BCUT2D eigenvalue weighted by Gasteiger charge is -2.49. The SMILES string of the molecule is CC[C@H]1OC(=O)[C@H](C)[C@@H](OC2CC(C)(C)[C@@H](OC(=O)NNC(=O)/C=C/c3cc(OC)c(OC)c(OC)c3)[C@H](C)O2)[C@H](C)[C@@H](O[C@@H]2O[C@H](C)C[C@H](N(C)C)[C@H]2O)[C@@](C)(O)C[C@@H](C)CN(C)[C@H](C)[C@@H](OC(=O)NCCc2ccc(OC)cc2)[C@H]1O. The fourth-order valence-corrected chi connectivity index (χ4v) is 11.7. The molecule has 0 saturated carbocycles. The number of hydrogen-bond acceptors (Lipinski definition) is 20. The Morgan fingerprint density at radius 2 is 1.47 bits per heavy atom. The van der Waals surface area contributed by atoms with E-state index >= 15 is 0 Å². The number of carbonyl (C=O) groups is 4. The molecule has 3 aliphatic heterocycles. The molecule has 2 aromatic rings. The lowest BCUT2D eigenvalue weighted by molar-refractivity contribution is -0.312. The first-order chi connectivity index (χ1) is 39.1. The molecule has 1 unspecified atom stereocenters. The molecule has 0 radical (unpaired) electrons. The average Bonchev–Trinajstić information content (AvgIpc) is 3.37. The summed E-state index contributed by atoms with van der Waals surface area (Å²) >= 11 is 0. The average molecular weight is 1170 g/mol. The molecule has 23 nitrogen and oxygen atoms in total. The topological polar surface area (TPSA) is 273 Å². The third-order valence-corrected chi connectivity index (χ3v) is 16.2. The first kappa shape index (κ1) is 68.3. The summed E-state index contributed by atoms with van der Waals surface area (Å²) in [4.78, 5) is 58.5. The van der Waals surface area contributed by atoms with Crippen molar-refractivity contribution in [2.75, 3.05) is 62.7 Å². The third-order valence-electron chi connectivity index (χ3n) is 16.2. The van der Waals surface area contributed by atoms with Crippen LogP contribution in [-0.2, 0) is 49.2 Å². The standard InChI is InChI=1S/C60H95N5O18/c1-18-43-49(68)51(81-57(70)61-26-25-39-19-22-41(73-14)23-20-39)37(6)65(13)32-33(2)30-60(10,72)53(82-56-48(67)42(64(11)12)27-34(3)77-56)35(4)50(36(5)55(69)79-43)80-47-31-59(8,9)54(38(7)78-47)83-58(71)63-62-46(66)24-21-40-28-44(74-15)52(76-17)45(29-40)75-16/h19-24,28-29,33-38,42-43,47-51,53-54,56,67-68,72H,18,25-27,30-32H2,1-17H3,(H,61,70)(H,62,66)(H,63,71)/b24-21+/t33-,34-,35+,36-,37-,38+,42+,43-,47?,48-,49+,50+,51-,53-,54+,56+,60+/m1/s1. The minimum Gasteiger partial charge on any atom is -0.497 e. The molecule has 0 bridgehead atoms. The molecule has 3 amide bonds. The number of aliphatic hydroxyl groups is 3. The molecule has 3 heterocycles. The van der Waals surface area contributed by atoms with Crippen LogP contribution in [0, 0.1) is 23.2 Å². The number of ether oxygens (including phenoxy) is 11. The molecule has 83 heavy (non-hydrogen) atoms. The Kier molecular flexibility index (Phi) is 25.1. The van der Waals surface area contributed by atoms with Gasteiger partial charge in [0.25, 0.3) is 5.91 Å². The van der Waals surface area contributed by atoms with E-state index in [0.717, 1.165) is 5.56 Å². The lowest BCUT2D eigenvalue weighted by Crippen LogP contribution is -2.60. The van der Waals surface area contributed by atoms with Crippen molar-refractivity contribution < 1.29 is 86.6 Å². The predicted octanol–water partition coefficient (Wildman–Crippen LogP) is 5.62. The molecule has 468 valence electrons. The van der Waals surface area contributed by atoms with E-state index in [0.29, 0.717) is 47.9 Å². The summed E-state index contributed by atoms with van der Waals surface area (Å²) in [5.74, 6) is -1.86. The second-order valence-corrected chi connectivity index (χ2v) is 23.7. The Bertz CT molecular complexity index is 2420. The van der Waals surface area contributed by atoms with Crippen LogP contribution in [0.2, 0.25) is 0 Å². The quantitative estimate of drug-likeness (QED) is 0.0485. The number of cyclic esters (lactones) is 1. The van der Waals surface area contributed by atoms with Crippen molar-refractivity contribution in [3.8, 4) is 23.0 Å². The van der Waals surface area contributed by atoms with E-state index in [1.165, 1.54) is 33.5 Å². The van der Waals surface area contributed by atoms with Crippen LogP contribution in [-0.4, -0.2) is 197 Å². The van der Waals surface area contributed by atoms with Gasteiger partial charge < -0.3 is 77.6 Å². The first-order valence-electron chi connectivity index (χ1n) is 28.7. The van der Waals surface area contributed by atoms with Crippen LogP contribution in [0.3, 0.4) is 0 Å². The van der Waals surface area contributed by atoms with Crippen LogP contribution in [0.15, 0.2) is 42.5 Å². The Morgan fingerprint density at radius 1 is 0.819 bits per heavy atom. The van der Waals surface area contributed by atoms with Gasteiger partial charge in [-0.15, -0.1) is 0 Å². The highest BCUT2D eigenvalue weighted by molar-refractivity contribution is 5.92. The fourth-order valence-electron chi connectivity index (χ4n) is 11.7. The van der Waals surface area contributed by atoms with E-state index < -0.39 is 114 Å². The number of rotatable bonds is 17. The lowest BCUT2D eigenvalue weighted by atomic mass is 9.77. The second kappa shape index (κ2) is 30.5. The summed E-state index contributed by atoms with van der Waals surface area (Å²) in [5, 5.41) is 39.8. The van der Waals surface area contributed by atoms with Gasteiger partial charge in [0.2, 0.25) is 5.75 Å². The van der Waals surface area contributed by atoms with E-state index in [9.17, 15) is 34.5 Å². The molecule has 5 rings (SSSR count). The molecule has 17 atom stereocenters. The fraction of sp³-hybridized carbons (Fsp3) is 0.700. The molecular formula is C60H95N5O18. The third kappa shape index (κ3) is 18.3. The second-order valence-electron chi connectivity index (χ2n) is 23.7. The van der Waals surface area contributed by atoms with Gasteiger partial charge in [-0.3, -0.25) is 19.9 Å². The predicted molar refractivity (Wildman–Crippen MR) is 308 cm³/mol. The van der Waals surface area contributed by atoms with Crippen LogP contribution in [0.5, 0.6) is 23.0 Å². The molecule has 6 N–H and O–H groups in total. The molecule has 0 spiro atoms. The molecule has 0 aliphatic carbocycles. The number of nitrogens with one attached hydrogen (secondary N) is 3. The van der Waals surface area contributed by atoms with Gasteiger partial charge in [-0.2, -0.15) is 0 Å². The molecule has 2 aromatic carbocycles. The normalized spacial score (nSPS) is 33.0. The minimum atomic E-state index is -1.69. The molecular weight excluding hydrogens is 1080 g/mol. The Balaban J connectivity index is 1.42. The van der Waals surface area contributed by atoms with Crippen LogP contribution in [0.4, 0.5) is 9.59 Å². The van der Waals surface area contributed by atoms with Crippen LogP contribution < -0.4 is 35.1 Å². The summed E-state index contributed by atoms with van der Waals surface area (Å²) in [6, 6.07) is 9.78. The van der Waals surface area contributed by atoms with Crippen molar-refractivity contribution in [2.45, 2.75) is 187 Å². The van der Waals surface area contributed by atoms with E-state index in [2.05, 4.69) is 16.2 Å². The van der Waals surface area contributed by atoms with Crippen LogP contribution in [0.1, 0.15) is 106 Å². The number of esters is 1. The van der Waals surface area contributed by atoms with Gasteiger partial charge in [0, 0.05) is 49.0 Å². The Morgan fingerprint density at radius 3 is 2.05 bits per heavy atom. The van der Waals surface area contributed by atoms with Crippen molar-refractivity contribution in [1.29, 1.82) is 0 Å². The smallest absolute Gasteiger partial charge is 0.426 e. The van der Waals surface area contributed by atoms with Gasteiger partial charge in [-0.05, 0) is 129 Å². The maximum absolute atomic E-state index is 14.9. The number of amides is 3. The Labute approximate surface area is 490 Å². The number of hydrazine groups is 1. The number of methoxy groups -OCH3 is 4. The van der Waals surface area contributed by atoms with Crippen molar-refractivity contribution in [1.82, 2.24) is 26.0 Å². The van der Waals surface area contributed by atoms with Gasteiger partial charge in [-0.1, -0.05) is 46.8 Å². The zero-order valence-corrected chi connectivity index (χ0v) is 51.7. The maximum atomic E-state index is 14.9. The minimum absolute atomic E-state index is 0.122. The number of hydrogen-bond donors (Lipinski definition) is 6. The van der Waals surface area contributed by atoms with E-state index in [1.807, 2.05) is 89.8 Å². The number of alkyl carbamates (subject to hydrolysis) is 1. The highest BCUT2D eigenvalue weighted by Crippen LogP contribution is 2.43. The van der Waals surface area contributed by atoms with Gasteiger partial charge in [-0.25, -0.2) is 15.0 Å². The molecule has 3 fully saturated rings. The summed E-state index contributed by atoms with van der Waals surface area (Å²) in [6.07, 6.45) is -9.22. The summed E-state index contributed by atoms with van der Waals surface area (Å²) in [7, 11) is 11.6. The van der Waals surface area contributed by atoms with Crippen molar-refractivity contribution in [3.63, 3.8) is 0 Å². The summed E-state index contributed by atoms with van der Waals surface area (Å²) in [5.41, 5.74) is 3.59. The monoisotopic (exact) mass is 1170 g/mol. The van der Waals surface area contributed by atoms with E-state index in [1.54, 1.807) is 53.9 Å². The molecule has 3 saturated heterocycles. The summed E-state index contributed by atoms with van der Waals surface area (Å²) in [6.45, 7) is 18.5. The number of benzene rings is 2. The van der Waals surface area contributed by atoms with E-state index in [-0.39, 0.29) is 43.9 Å². The first-order valence-corrected chi connectivity index (χ1v) is 28.7. The van der Waals surface area contributed by atoms with Crippen molar-refractivity contribution >= 4 is 30.1 Å². The number of aliphatic hydroxyl groups excluding tert-OH is 2. The summed E-state index contributed by atoms with van der Waals surface area (Å²) < 4.78 is 66.3. The number of carbonyl (C=O) groups excluding carboxylic acids is 4.